The van der Waals surface area contributed by atoms with Crippen molar-refractivity contribution in [2.75, 3.05) is 0 Å². The highest BCUT2D eigenvalue weighted by molar-refractivity contribution is 9.09. The first-order valence-electron chi connectivity index (χ1n) is 8.24. The van der Waals surface area contributed by atoms with E-state index >= 15 is 0 Å². The van der Waals surface area contributed by atoms with E-state index < -0.39 is 11.7 Å². The Morgan fingerprint density at radius 1 is 1.11 bits per heavy atom. The van der Waals surface area contributed by atoms with Gasteiger partial charge in [-0.25, -0.2) is 14.6 Å². The molecule has 1 amide bonds. The van der Waals surface area contributed by atoms with Gasteiger partial charge in [-0.1, -0.05) is 39.2 Å². The number of nitrogens with one attached hydrogen (secondary N) is 1. The summed E-state index contributed by atoms with van der Waals surface area (Å²) in [5.74, 6) is 3.97. The van der Waals surface area contributed by atoms with Crippen LogP contribution in [0.5, 0.6) is 0 Å². The topological polar surface area (TPSA) is 94.0 Å². The van der Waals surface area contributed by atoms with E-state index in [2.05, 4.69) is 26.1 Å². The highest BCUT2D eigenvalue weighted by Crippen LogP contribution is 2.26. The number of rotatable bonds is 3. The normalized spacial score (nSPS) is 11.4. The highest BCUT2D eigenvalue weighted by atomic mass is 79.9. The van der Waals surface area contributed by atoms with Crippen LogP contribution in [-0.4, -0.2) is 16.1 Å². The van der Waals surface area contributed by atoms with Crippen LogP contribution in [-0.2, 0) is 0 Å². The molecule has 3 rings (SSSR count). The Kier molecular flexibility index (Phi) is 7.36. The van der Waals surface area contributed by atoms with Crippen molar-refractivity contribution in [3.8, 4) is 11.5 Å². The molecule has 9 heteroatoms. The van der Waals surface area contributed by atoms with Crippen LogP contribution in [0.15, 0.2) is 40.8 Å². The molecular formula is C19H19BrF2N4O2. The van der Waals surface area contributed by atoms with Crippen LogP contribution in [0.2, 0.25) is 0 Å². The molecule has 3 aromatic rings. The lowest BCUT2D eigenvalue weighted by Gasteiger charge is -2.01. The van der Waals surface area contributed by atoms with Gasteiger partial charge in [-0.15, -0.1) is 10.2 Å². The first-order chi connectivity index (χ1) is 13.2. The van der Waals surface area contributed by atoms with Gasteiger partial charge < -0.3 is 4.42 Å². The van der Waals surface area contributed by atoms with Crippen molar-refractivity contribution in [2.24, 2.45) is 5.84 Å². The third-order valence-electron chi connectivity index (χ3n) is 3.63. The molecule has 0 aliphatic rings. The van der Waals surface area contributed by atoms with E-state index in [1.165, 1.54) is 18.2 Å². The van der Waals surface area contributed by atoms with Gasteiger partial charge in [0.2, 0.25) is 5.89 Å². The molecule has 0 spiro atoms. The number of hydrogen-bond donors (Lipinski definition) is 2. The van der Waals surface area contributed by atoms with E-state index in [0.717, 1.165) is 11.1 Å². The van der Waals surface area contributed by atoms with E-state index in [0.29, 0.717) is 11.5 Å². The van der Waals surface area contributed by atoms with E-state index in [1.54, 1.807) is 25.1 Å². The standard InChI is InChI=1S/C11H10BrFN2O.C8H9FN2O/c1-6-3-4-9(13)8(5-6)11-15-14-10(16-11)7(2)12;1-5-2-3-7(9)6(4-5)8(12)11-10/h3-5,7H,1-2H3;2-4H,10H2,1H3,(H,11,12). The summed E-state index contributed by atoms with van der Waals surface area (Å²) < 4.78 is 31.8. The molecule has 2 aromatic carbocycles. The van der Waals surface area contributed by atoms with Gasteiger partial charge in [-0.05, 0) is 45.0 Å². The Balaban J connectivity index is 0.000000209. The maximum Gasteiger partial charge on any atom is 0.268 e. The van der Waals surface area contributed by atoms with Crippen molar-refractivity contribution < 1.29 is 18.0 Å². The van der Waals surface area contributed by atoms with E-state index in [9.17, 15) is 13.6 Å². The fraction of sp³-hybridized carbons (Fsp3) is 0.211. The van der Waals surface area contributed by atoms with Crippen LogP contribution in [0.1, 0.15) is 39.1 Å². The van der Waals surface area contributed by atoms with Crippen molar-refractivity contribution in [2.45, 2.75) is 25.6 Å². The summed E-state index contributed by atoms with van der Waals surface area (Å²) >= 11 is 3.31. The maximum absolute atomic E-state index is 13.5. The Hall–Kier alpha value is -2.65. The Morgan fingerprint density at radius 3 is 2.29 bits per heavy atom. The monoisotopic (exact) mass is 452 g/mol. The molecular weight excluding hydrogens is 434 g/mol. The minimum absolute atomic E-state index is 0.0301. The third kappa shape index (κ3) is 5.43. The van der Waals surface area contributed by atoms with Gasteiger partial charge >= 0.3 is 0 Å². The summed E-state index contributed by atoms with van der Waals surface area (Å²) in [7, 11) is 0. The van der Waals surface area contributed by atoms with Crippen LogP contribution in [0.3, 0.4) is 0 Å². The third-order valence-corrected chi connectivity index (χ3v) is 4.02. The van der Waals surface area contributed by atoms with Crippen LogP contribution < -0.4 is 11.3 Å². The smallest absolute Gasteiger partial charge is 0.268 e. The van der Waals surface area contributed by atoms with Gasteiger partial charge in [0.15, 0.2) is 0 Å². The average molecular weight is 453 g/mol. The van der Waals surface area contributed by atoms with Crippen LogP contribution in [0.25, 0.3) is 11.5 Å². The van der Waals surface area contributed by atoms with Crippen molar-refractivity contribution >= 4 is 21.8 Å². The zero-order chi connectivity index (χ0) is 20.8. The number of nitrogen functional groups attached to an aromatic ring is 1. The summed E-state index contributed by atoms with van der Waals surface area (Å²) in [5.41, 5.74) is 3.94. The van der Waals surface area contributed by atoms with E-state index in [1.807, 2.05) is 19.3 Å². The molecule has 0 fully saturated rings. The summed E-state index contributed by atoms with van der Waals surface area (Å²) in [5, 5.41) is 7.66. The van der Waals surface area contributed by atoms with E-state index in [-0.39, 0.29) is 22.1 Å². The zero-order valence-corrected chi connectivity index (χ0v) is 17.0. The molecule has 28 heavy (non-hydrogen) atoms. The molecule has 0 radical (unpaired) electrons. The first-order valence-corrected chi connectivity index (χ1v) is 9.15. The van der Waals surface area contributed by atoms with Gasteiger partial charge in [0, 0.05) is 0 Å². The lowest BCUT2D eigenvalue weighted by molar-refractivity contribution is 0.0949. The highest BCUT2D eigenvalue weighted by Gasteiger charge is 2.15. The van der Waals surface area contributed by atoms with Gasteiger partial charge in [0.05, 0.1) is 16.0 Å². The van der Waals surface area contributed by atoms with Crippen molar-refractivity contribution in [3.63, 3.8) is 0 Å². The fourth-order valence-electron chi connectivity index (χ4n) is 2.20. The number of nitrogens with zero attached hydrogens (tertiary/aromatic N) is 2. The van der Waals surface area contributed by atoms with Gasteiger partial charge in [0.25, 0.3) is 11.8 Å². The number of aromatic nitrogens is 2. The van der Waals surface area contributed by atoms with Gasteiger partial charge in [0.1, 0.15) is 11.6 Å². The second-order valence-electron chi connectivity index (χ2n) is 6.00. The van der Waals surface area contributed by atoms with Gasteiger partial charge in [-0.2, -0.15) is 0 Å². The summed E-state index contributed by atoms with van der Waals surface area (Å²) in [6.45, 7) is 5.52. The van der Waals surface area contributed by atoms with Crippen LogP contribution >= 0.6 is 15.9 Å². The second kappa shape index (κ2) is 9.52. The minimum atomic E-state index is -0.615. The summed E-state index contributed by atoms with van der Waals surface area (Å²) in [6.07, 6.45) is 0. The Bertz CT molecular complexity index is 976. The number of carbonyl (C=O) groups excluding carboxylic acids is 1. The summed E-state index contributed by atoms with van der Waals surface area (Å²) in [4.78, 5) is 10.9. The lowest BCUT2D eigenvalue weighted by atomic mass is 10.1. The first kappa shape index (κ1) is 21.6. The predicted octanol–water partition coefficient (Wildman–Crippen LogP) is 4.38. The number of benzene rings is 2. The number of hydrazine groups is 1. The number of aryl methyl sites for hydroxylation is 2. The SMILES string of the molecule is Cc1ccc(F)c(-c2nnc(C(C)Br)o2)c1.Cc1ccc(F)c(C(=O)NN)c1. The number of hydrogen-bond acceptors (Lipinski definition) is 5. The number of alkyl halides is 1. The molecule has 0 bridgehead atoms. The molecule has 0 aliphatic heterocycles. The van der Waals surface area contributed by atoms with Crippen molar-refractivity contribution in [1.29, 1.82) is 0 Å². The maximum atomic E-state index is 13.5. The molecule has 1 aromatic heterocycles. The predicted molar refractivity (Wildman–Crippen MR) is 105 cm³/mol. The lowest BCUT2D eigenvalue weighted by Crippen LogP contribution is -2.30. The minimum Gasteiger partial charge on any atom is -0.419 e. The molecule has 0 saturated carbocycles. The van der Waals surface area contributed by atoms with E-state index in [4.69, 9.17) is 10.3 Å². The molecule has 0 saturated heterocycles. The molecule has 1 atom stereocenters. The molecule has 1 unspecified atom stereocenters. The van der Waals surface area contributed by atoms with Crippen molar-refractivity contribution in [3.05, 3.63) is 70.6 Å². The number of nitrogens with two attached hydrogens (primary N) is 1. The number of carbonyl (C=O) groups is 1. The Morgan fingerprint density at radius 2 is 1.71 bits per heavy atom. The van der Waals surface area contributed by atoms with Crippen LogP contribution in [0.4, 0.5) is 8.78 Å². The molecule has 3 N–H and O–H groups in total. The molecule has 148 valence electrons. The second-order valence-corrected chi connectivity index (χ2v) is 7.38. The van der Waals surface area contributed by atoms with Crippen LogP contribution in [0, 0.1) is 25.5 Å². The number of amides is 1. The summed E-state index contributed by atoms with van der Waals surface area (Å²) in [6, 6.07) is 9.04. The quantitative estimate of drug-likeness (QED) is 0.266. The fourth-order valence-corrected chi connectivity index (χ4v) is 2.38. The number of halogens is 3. The average Bonchev–Trinajstić information content (AvgIpc) is 3.16. The van der Waals surface area contributed by atoms with Crippen molar-refractivity contribution in [1.82, 2.24) is 15.6 Å². The largest absolute Gasteiger partial charge is 0.419 e. The molecule has 0 aliphatic carbocycles. The van der Waals surface area contributed by atoms with Gasteiger partial charge in [-0.3, -0.25) is 10.2 Å². The molecule has 1 heterocycles. The molecule has 6 nitrogen and oxygen atoms in total. The zero-order valence-electron chi connectivity index (χ0n) is 15.5. The Labute approximate surface area is 169 Å².